The molecule has 1 aromatic carbocycles. The first kappa shape index (κ1) is 16.0. The van der Waals surface area contributed by atoms with E-state index in [2.05, 4.69) is 20.6 Å². The molecule has 2 N–H and O–H groups in total. The summed E-state index contributed by atoms with van der Waals surface area (Å²) in [6.45, 7) is 3.22. The third kappa shape index (κ3) is 4.05. The normalized spacial score (nSPS) is 10.1. The Labute approximate surface area is 132 Å². The minimum absolute atomic E-state index is 0.140. The first-order valence-electron chi connectivity index (χ1n) is 6.56. The summed E-state index contributed by atoms with van der Waals surface area (Å²) >= 11 is 1.43. The van der Waals surface area contributed by atoms with E-state index in [0.29, 0.717) is 27.8 Å². The average Bonchev–Trinajstić information content (AvgIpc) is 2.48. The molecule has 0 aliphatic rings. The Kier molecular flexibility index (Phi) is 5.11. The standard InChI is InChI=1S/C15H16N4O2S/c1-9-13(8-16-15(17-9)22-3)14(21)19-12-6-4-11(5-7-12)18-10(2)20/h4-8H,1-3H3,(H,18,20)(H,19,21). The molecule has 0 aliphatic carbocycles. The number of aromatic nitrogens is 2. The van der Waals surface area contributed by atoms with Crippen LogP contribution >= 0.6 is 11.8 Å². The van der Waals surface area contributed by atoms with E-state index in [9.17, 15) is 9.59 Å². The van der Waals surface area contributed by atoms with Crippen LogP contribution in [0, 0.1) is 6.92 Å². The Morgan fingerprint density at radius 3 is 2.18 bits per heavy atom. The molecule has 0 atom stereocenters. The molecule has 1 aromatic heterocycles. The maximum absolute atomic E-state index is 12.2. The summed E-state index contributed by atoms with van der Waals surface area (Å²) in [6.07, 6.45) is 3.40. The summed E-state index contributed by atoms with van der Waals surface area (Å²) in [4.78, 5) is 31.5. The highest BCUT2D eigenvalue weighted by atomic mass is 32.2. The summed E-state index contributed by atoms with van der Waals surface area (Å²) in [5.74, 6) is -0.407. The second-order valence-corrected chi connectivity index (χ2v) is 5.34. The number of nitrogens with one attached hydrogen (secondary N) is 2. The molecule has 0 spiro atoms. The fraction of sp³-hybridized carbons (Fsp3) is 0.200. The van der Waals surface area contributed by atoms with Gasteiger partial charge in [0.05, 0.1) is 11.3 Å². The van der Waals surface area contributed by atoms with Crippen LogP contribution in [0.15, 0.2) is 35.6 Å². The van der Waals surface area contributed by atoms with E-state index >= 15 is 0 Å². The number of hydrogen-bond donors (Lipinski definition) is 2. The number of aryl methyl sites for hydroxylation is 1. The number of carbonyl (C=O) groups is 2. The lowest BCUT2D eigenvalue weighted by Gasteiger charge is -2.08. The Balaban J connectivity index is 2.10. The van der Waals surface area contributed by atoms with Gasteiger partial charge in [-0.05, 0) is 37.4 Å². The van der Waals surface area contributed by atoms with Crippen molar-refractivity contribution in [2.24, 2.45) is 0 Å². The molecule has 1 heterocycles. The van der Waals surface area contributed by atoms with Crippen LogP contribution in [0.2, 0.25) is 0 Å². The summed E-state index contributed by atoms with van der Waals surface area (Å²) in [6, 6.07) is 6.87. The van der Waals surface area contributed by atoms with Crippen LogP contribution in [-0.4, -0.2) is 28.0 Å². The molecule has 22 heavy (non-hydrogen) atoms. The highest BCUT2D eigenvalue weighted by molar-refractivity contribution is 7.98. The van der Waals surface area contributed by atoms with Gasteiger partial charge in [-0.15, -0.1) is 0 Å². The summed E-state index contributed by atoms with van der Waals surface area (Å²) in [7, 11) is 0. The maximum atomic E-state index is 12.2. The molecule has 7 heteroatoms. The molecule has 2 rings (SSSR count). The molecule has 0 unspecified atom stereocenters. The van der Waals surface area contributed by atoms with Gasteiger partial charge in [-0.3, -0.25) is 9.59 Å². The van der Waals surface area contributed by atoms with Crippen LogP contribution in [0.5, 0.6) is 0 Å². The summed E-state index contributed by atoms with van der Waals surface area (Å²) in [5, 5.41) is 6.08. The summed E-state index contributed by atoms with van der Waals surface area (Å²) in [5.41, 5.74) is 2.37. The maximum Gasteiger partial charge on any atom is 0.259 e. The quantitative estimate of drug-likeness (QED) is 0.669. The van der Waals surface area contributed by atoms with E-state index < -0.39 is 0 Å². The molecular weight excluding hydrogens is 300 g/mol. The second-order valence-electron chi connectivity index (χ2n) is 4.57. The van der Waals surface area contributed by atoms with Gasteiger partial charge in [0.1, 0.15) is 0 Å². The largest absolute Gasteiger partial charge is 0.326 e. The van der Waals surface area contributed by atoms with Crippen molar-refractivity contribution in [3.63, 3.8) is 0 Å². The summed E-state index contributed by atoms with van der Waals surface area (Å²) < 4.78 is 0. The van der Waals surface area contributed by atoms with Gasteiger partial charge in [-0.2, -0.15) is 0 Å². The topological polar surface area (TPSA) is 84.0 Å². The van der Waals surface area contributed by atoms with E-state index in [0.717, 1.165) is 0 Å². The molecule has 114 valence electrons. The van der Waals surface area contributed by atoms with Crippen molar-refractivity contribution in [1.82, 2.24) is 9.97 Å². The number of amides is 2. The molecule has 0 bridgehead atoms. The van der Waals surface area contributed by atoms with E-state index in [-0.39, 0.29) is 11.8 Å². The lowest BCUT2D eigenvalue weighted by Crippen LogP contribution is -2.15. The number of thioether (sulfide) groups is 1. The van der Waals surface area contributed by atoms with Crippen LogP contribution in [0.25, 0.3) is 0 Å². The van der Waals surface area contributed by atoms with Crippen LogP contribution in [0.1, 0.15) is 23.0 Å². The molecule has 0 saturated carbocycles. The zero-order valence-electron chi connectivity index (χ0n) is 12.5. The average molecular weight is 316 g/mol. The molecular formula is C15H16N4O2S. The minimum atomic E-state index is -0.266. The third-order valence-corrected chi connectivity index (χ3v) is 3.41. The monoisotopic (exact) mass is 316 g/mol. The van der Waals surface area contributed by atoms with E-state index in [4.69, 9.17) is 0 Å². The van der Waals surface area contributed by atoms with Crippen molar-refractivity contribution in [3.8, 4) is 0 Å². The van der Waals surface area contributed by atoms with Gasteiger partial charge in [0.25, 0.3) is 5.91 Å². The van der Waals surface area contributed by atoms with E-state index in [1.807, 2.05) is 6.26 Å². The first-order valence-corrected chi connectivity index (χ1v) is 7.78. The number of benzene rings is 1. The van der Waals surface area contributed by atoms with Gasteiger partial charge < -0.3 is 10.6 Å². The van der Waals surface area contributed by atoms with Crippen LogP contribution in [-0.2, 0) is 4.79 Å². The second kappa shape index (κ2) is 7.04. The highest BCUT2D eigenvalue weighted by Crippen LogP contribution is 2.16. The van der Waals surface area contributed by atoms with Gasteiger partial charge in [0, 0.05) is 24.5 Å². The lowest BCUT2D eigenvalue weighted by molar-refractivity contribution is -0.114. The Bertz CT molecular complexity index is 701. The lowest BCUT2D eigenvalue weighted by atomic mass is 10.2. The predicted molar refractivity (Wildman–Crippen MR) is 87.2 cm³/mol. The van der Waals surface area contributed by atoms with Crippen LogP contribution < -0.4 is 10.6 Å². The van der Waals surface area contributed by atoms with Gasteiger partial charge in [0.2, 0.25) is 5.91 Å². The molecule has 2 amide bonds. The van der Waals surface area contributed by atoms with Gasteiger partial charge in [0.15, 0.2) is 5.16 Å². The fourth-order valence-corrected chi connectivity index (χ4v) is 2.19. The van der Waals surface area contributed by atoms with Gasteiger partial charge >= 0.3 is 0 Å². The van der Waals surface area contributed by atoms with E-state index in [1.165, 1.54) is 24.9 Å². The van der Waals surface area contributed by atoms with Crippen molar-refractivity contribution in [2.75, 3.05) is 16.9 Å². The number of carbonyl (C=O) groups excluding carboxylic acids is 2. The molecule has 0 radical (unpaired) electrons. The zero-order valence-corrected chi connectivity index (χ0v) is 13.3. The zero-order chi connectivity index (χ0) is 16.1. The van der Waals surface area contributed by atoms with Crippen molar-refractivity contribution in [3.05, 3.63) is 41.7 Å². The van der Waals surface area contributed by atoms with Crippen LogP contribution in [0.4, 0.5) is 11.4 Å². The number of rotatable bonds is 4. The predicted octanol–water partition coefficient (Wildman–Crippen LogP) is 2.72. The van der Waals surface area contributed by atoms with Crippen molar-refractivity contribution < 1.29 is 9.59 Å². The number of hydrogen-bond acceptors (Lipinski definition) is 5. The van der Waals surface area contributed by atoms with Crippen LogP contribution in [0.3, 0.4) is 0 Å². The first-order chi connectivity index (χ1) is 10.5. The van der Waals surface area contributed by atoms with Crippen molar-refractivity contribution in [1.29, 1.82) is 0 Å². The molecule has 6 nitrogen and oxygen atoms in total. The smallest absolute Gasteiger partial charge is 0.259 e. The molecule has 0 saturated heterocycles. The van der Waals surface area contributed by atoms with Crippen molar-refractivity contribution in [2.45, 2.75) is 19.0 Å². The van der Waals surface area contributed by atoms with Gasteiger partial charge in [-0.1, -0.05) is 11.8 Å². The minimum Gasteiger partial charge on any atom is -0.326 e. The van der Waals surface area contributed by atoms with Gasteiger partial charge in [-0.25, -0.2) is 9.97 Å². The Hall–Kier alpha value is -2.41. The molecule has 0 fully saturated rings. The molecule has 2 aromatic rings. The van der Waals surface area contributed by atoms with Crippen molar-refractivity contribution >= 4 is 35.0 Å². The highest BCUT2D eigenvalue weighted by Gasteiger charge is 2.12. The number of nitrogens with zero attached hydrogens (tertiary/aromatic N) is 2. The Morgan fingerprint density at radius 1 is 1.09 bits per heavy atom. The third-order valence-electron chi connectivity index (χ3n) is 2.85. The Morgan fingerprint density at radius 2 is 1.68 bits per heavy atom. The van der Waals surface area contributed by atoms with E-state index in [1.54, 1.807) is 31.2 Å². The number of anilines is 2. The fourth-order valence-electron chi connectivity index (χ4n) is 1.81. The molecule has 0 aliphatic heterocycles. The SMILES string of the molecule is CSc1ncc(C(=O)Nc2ccc(NC(C)=O)cc2)c(C)n1.